The SMILES string of the molecule is N#Cc1ccc(N)c(C(=O)CBr)c1F. The number of anilines is 1. The molecule has 0 atom stereocenters. The van der Waals surface area contributed by atoms with Crippen molar-refractivity contribution in [2.75, 3.05) is 11.1 Å². The van der Waals surface area contributed by atoms with Crippen molar-refractivity contribution in [3.63, 3.8) is 0 Å². The molecule has 0 bridgehead atoms. The van der Waals surface area contributed by atoms with Crippen LogP contribution in [0.4, 0.5) is 10.1 Å². The van der Waals surface area contributed by atoms with Gasteiger partial charge < -0.3 is 5.73 Å². The Morgan fingerprint density at radius 1 is 1.64 bits per heavy atom. The van der Waals surface area contributed by atoms with E-state index in [1.807, 2.05) is 0 Å². The van der Waals surface area contributed by atoms with Crippen LogP contribution in [-0.2, 0) is 0 Å². The lowest BCUT2D eigenvalue weighted by Crippen LogP contribution is -2.09. The largest absolute Gasteiger partial charge is 0.398 e. The number of carbonyl (C=O) groups excluding carboxylic acids is 1. The van der Waals surface area contributed by atoms with E-state index in [-0.39, 0.29) is 22.1 Å². The van der Waals surface area contributed by atoms with Gasteiger partial charge in [0.05, 0.1) is 16.5 Å². The van der Waals surface area contributed by atoms with Crippen LogP contribution in [0, 0.1) is 17.1 Å². The Morgan fingerprint density at radius 2 is 2.29 bits per heavy atom. The van der Waals surface area contributed by atoms with Gasteiger partial charge in [-0.1, -0.05) is 15.9 Å². The monoisotopic (exact) mass is 256 g/mol. The predicted octanol–water partition coefficient (Wildman–Crippen LogP) is 1.86. The molecule has 0 aliphatic carbocycles. The molecule has 0 heterocycles. The minimum absolute atomic E-state index is 0.0248. The highest BCUT2D eigenvalue weighted by atomic mass is 79.9. The molecular weight excluding hydrogens is 251 g/mol. The van der Waals surface area contributed by atoms with Gasteiger partial charge in [-0.15, -0.1) is 0 Å². The number of nitriles is 1. The number of ketones is 1. The number of rotatable bonds is 2. The number of halogens is 2. The third-order valence-corrected chi connectivity index (χ3v) is 2.20. The maximum absolute atomic E-state index is 13.4. The van der Waals surface area contributed by atoms with Crippen LogP contribution < -0.4 is 5.73 Å². The van der Waals surface area contributed by atoms with Crippen molar-refractivity contribution in [1.82, 2.24) is 0 Å². The molecule has 0 saturated carbocycles. The molecule has 0 saturated heterocycles. The van der Waals surface area contributed by atoms with E-state index >= 15 is 0 Å². The fourth-order valence-electron chi connectivity index (χ4n) is 1.03. The Kier molecular flexibility index (Phi) is 3.20. The predicted molar refractivity (Wildman–Crippen MR) is 53.7 cm³/mol. The van der Waals surface area contributed by atoms with E-state index in [0.29, 0.717) is 0 Å². The second kappa shape index (κ2) is 4.20. The standard InChI is InChI=1S/C9H6BrFN2O/c10-3-7(14)8-6(13)2-1-5(4-12)9(8)11/h1-2H,3,13H2. The van der Waals surface area contributed by atoms with Crippen LogP contribution in [0.5, 0.6) is 0 Å². The van der Waals surface area contributed by atoms with E-state index in [4.69, 9.17) is 11.0 Å². The normalized spacial score (nSPS) is 9.50. The number of hydrogen-bond acceptors (Lipinski definition) is 3. The molecule has 0 spiro atoms. The van der Waals surface area contributed by atoms with Crippen molar-refractivity contribution < 1.29 is 9.18 Å². The van der Waals surface area contributed by atoms with Gasteiger partial charge in [0, 0.05) is 5.69 Å². The van der Waals surface area contributed by atoms with E-state index < -0.39 is 11.6 Å². The van der Waals surface area contributed by atoms with Crippen molar-refractivity contribution >= 4 is 27.4 Å². The van der Waals surface area contributed by atoms with Crippen molar-refractivity contribution in [1.29, 1.82) is 5.26 Å². The van der Waals surface area contributed by atoms with Crippen LogP contribution in [0.15, 0.2) is 12.1 Å². The molecule has 0 unspecified atom stereocenters. The second-order valence-electron chi connectivity index (χ2n) is 2.56. The van der Waals surface area contributed by atoms with E-state index in [2.05, 4.69) is 15.9 Å². The van der Waals surface area contributed by atoms with Crippen LogP contribution >= 0.6 is 15.9 Å². The summed E-state index contributed by atoms with van der Waals surface area (Å²) in [6.07, 6.45) is 0. The van der Waals surface area contributed by atoms with Gasteiger partial charge in [0.25, 0.3) is 0 Å². The van der Waals surface area contributed by atoms with E-state index in [1.54, 1.807) is 6.07 Å². The Bertz CT molecular complexity index is 426. The molecule has 0 aliphatic rings. The molecule has 0 radical (unpaired) electrons. The minimum Gasteiger partial charge on any atom is -0.398 e. The number of alkyl halides is 1. The lowest BCUT2D eigenvalue weighted by Gasteiger charge is -2.04. The summed E-state index contributed by atoms with van der Waals surface area (Å²) in [6, 6.07) is 4.23. The molecule has 14 heavy (non-hydrogen) atoms. The molecule has 0 aliphatic heterocycles. The smallest absolute Gasteiger partial charge is 0.178 e. The Morgan fingerprint density at radius 3 is 2.79 bits per heavy atom. The number of carbonyl (C=O) groups is 1. The Balaban J connectivity index is 3.42. The molecule has 0 aromatic heterocycles. The van der Waals surface area contributed by atoms with Crippen LogP contribution in [0.2, 0.25) is 0 Å². The van der Waals surface area contributed by atoms with Crippen molar-refractivity contribution in [3.05, 3.63) is 29.1 Å². The van der Waals surface area contributed by atoms with Crippen LogP contribution in [0.3, 0.4) is 0 Å². The van der Waals surface area contributed by atoms with Gasteiger partial charge in [-0.2, -0.15) is 5.26 Å². The van der Waals surface area contributed by atoms with Crippen molar-refractivity contribution in [2.24, 2.45) is 0 Å². The first-order valence-corrected chi connectivity index (χ1v) is 4.81. The summed E-state index contributed by atoms with van der Waals surface area (Å²) in [5.41, 5.74) is 5.08. The number of nitrogens with two attached hydrogens (primary N) is 1. The molecule has 1 aromatic rings. The maximum atomic E-state index is 13.4. The van der Waals surface area contributed by atoms with Gasteiger partial charge in [-0.3, -0.25) is 4.79 Å². The lowest BCUT2D eigenvalue weighted by molar-refractivity contribution is 0.102. The molecule has 1 rings (SSSR count). The second-order valence-corrected chi connectivity index (χ2v) is 3.12. The summed E-state index contributed by atoms with van der Waals surface area (Å²) in [7, 11) is 0. The first-order valence-electron chi connectivity index (χ1n) is 3.69. The third kappa shape index (κ3) is 1.75. The highest BCUT2D eigenvalue weighted by molar-refractivity contribution is 9.09. The molecule has 5 heteroatoms. The molecule has 3 nitrogen and oxygen atoms in total. The van der Waals surface area contributed by atoms with Gasteiger partial charge in [-0.05, 0) is 12.1 Å². The number of nitrogens with zero attached hydrogens (tertiary/aromatic N) is 1. The molecule has 2 N–H and O–H groups in total. The number of Topliss-reactive ketones (excluding diaryl/α,β-unsaturated/α-hetero) is 1. The lowest BCUT2D eigenvalue weighted by atomic mass is 10.1. The van der Waals surface area contributed by atoms with Gasteiger partial charge >= 0.3 is 0 Å². The summed E-state index contributed by atoms with van der Waals surface area (Å²) in [6.45, 7) is 0. The summed E-state index contributed by atoms with van der Waals surface area (Å²) < 4.78 is 13.4. The van der Waals surface area contributed by atoms with Gasteiger partial charge in [-0.25, -0.2) is 4.39 Å². The Hall–Kier alpha value is -1.41. The number of nitrogen functional groups attached to an aromatic ring is 1. The van der Waals surface area contributed by atoms with Crippen molar-refractivity contribution in [3.8, 4) is 6.07 Å². The zero-order chi connectivity index (χ0) is 10.7. The summed E-state index contributed by atoms with van der Waals surface area (Å²) in [4.78, 5) is 11.2. The fourth-order valence-corrected chi connectivity index (χ4v) is 1.31. The molecule has 72 valence electrons. The Labute approximate surface area is 88.5 Å². The molecule has 0 fully saturated rings. The highest BCUT2D eigenvalue weighted by Crippen LogP contribution is 2.20. The minimum atomic E-state index is -0.850. The van der Waals surface area contributed by atoms with Crippen LogP contribution in [0.1, 0.15) is 15.9 Å². The molecule has 0 amide bonds. The zero-order valence-corrected chi connectivity index (χ0v) is 8.64. The average molecular weight is 257 g/mol. The first kappa shape index (κ1) is 10.7. The summed E-state index contributed by atoms with van der Waals surface area (Å²) in [5, 5.41) is 8.51. The van der Waals surface area contributed by atoms with Gasteiger partial charge in [0.1, 0.15) is 6.07 Å². The average Bonchev–Trinajstić information content (AvgIpc) is 2.18. The van der Waals surface area contributed by atoms with E-state index in [9.17, 15) is 9.18 Å². The quantitative estimate of drug-likeness (QED) is 0.499. The van der Waals surface area contributed by atoms with E-state index in [1.165, 1.54) is 12.1 Å². The topological polar surface area (TPSA) is 66.9 Å². The maximum Gasteiger partial charge on any atom is 0.178 e. The summed E-state index contributed by atoms with van der Waals surface area (Å²) >= 11 is 2.91. The zero-order valence-electron chi connectivity index (χ0n) is 7.05. The molecule has 1 aromatic carbocycles. The number of benzene rings is 1. The van der Waals surface area contributed by atoms with Crippen LogP contribution in [0.25, 0.3) is 0 Å². The summed E-state index contributed by atoms with van der Waals surface area (Å²) in [5.74, 6) is -1.32. The van der Waals surface area contributed by atoms with E-state index in [0.717, 1.165) is 0 Å². The van der Waals surface area contributed by atoms with Crippen molar-refractivity contribution in [2.45, 2.75) is 0 Å². The first-order chi connectivity index (χ1) is 6.61. The fraction of sp³-hybridized carbons (Fsp3) is 0.111. The third-order valence-electron chi connectivity index (χ3n) is 1.69. The van der Waals surface area contributed by atoms with Crippen LogP contribution in [-0.4, -0.2) is 11.1 Å². The molecular formula is C9H6BrFN2O. The van der Waals surface area contributed by atoms with Gasteiger partial charge in [0.15, 0.2) is 11.6 Å². The van der Waals surface area contributed by atoms with Gasteiger partial charge in [0.2, 0.25) is 0 Å². The number of hydrogen-bond donors (Lipinski definition) is 1. The highest BCUT2D eigenvalue weighted by Gasteiger charge is 2.17.